The van der Waals surface area contributed by atoms with Crippen LogP contribution in [0.3, 0.4) is 0 Å². The van der Waals surface area contributed by atoms with E-state index in [1.807, 2.05) is 69.5 Å². The normalized spacial score (nSPS) is 16.4. The second kappa shape index (κ2) is 14.8. The van der Waals surface area contributed by atoms with Gasteiger partial charge in [-0.05, 0) is 50.0 Å². The number of nitriles is 3. The molecule has 0 aliphatic carbocycles. The highest BCUT2D eigenvalue weighted by Crippen LogP contribution is 2.39. The van der Waals surface area contributed by atoms with Crippen LogP contribution in [-0.4, -0.2) is 37.7 Å². The Balaban J connectivity index is 1.89. The van der Waals surface area contributed by atoms with E-state index in [-0.39, 0.29) is 5.91 Å². The molecular weight excluding hydrogens is 462 g/mol. The molecule has 0 bridgehead atoms. The van der Waals surface area contributed by atoms with E-state index in [1.54, 1.807) is 0 Å². The standard InChI is InChI=1S/C30H39N5O2/c1-5-6-7-8-9-18-34-28(36)11-10-19-35(4)25-15-12-23(13-16-25)14-17-27-26(22-33)29(24(20-31)21-32)37-30(27,2)3/h12-17,24,29H,5-11,18-19H2,1-4H3,(H,34,36)/b17-14+. The molecule has 7 heteroatoms. The smallest absolute Gasteiger partial charge is 0.220 e. The van der Waals surface area contributed by atoms with Crippen LogP contribution < -0.4 is 10.2 Å². The Kier molecular flexibility index (Phi) is 11.9. The molecule has 0 radical (unpaired) electrons. The van der Waals surface area contributed by atoms with Crippen molar-refractivity contribution < 1.29 is 9.53 Å². The third kappa shape index (κ3) is 8.78. The first-order valence-electron chi connectivity index (χ1n) is 13.1. The molecule has 1 amide bonds. The van der Waals surface area contributed by atoms with Gasteiger partial charge in [-0.15, -0.1) is 0 Å². The molecule has 1 aliphatic rings. The Hall–Kier alpha value is -3.60. The van der Waals surface area contributed by atoms with E-state index in [4.69, 9.17) is 4.74 Å². The summed E-state index contributed by atoms with van der Waals surface area (Å²) >= 11 is 0. The van der Waals surface area contributed by atoms with Crippen LogP contribution >= 0.6 is 0 Å². The molecule has 1 unspecified atom stereocenters. The van der Waals surface area contributed by atoms with Crippen molar-refractivity contribution in [3.63, 3.8) is 0 Å². The van der Waals surface area contributed by atoms with Gasteiger partial charge in [-0.2, -0.15) is 15.8 Å². The summed E-state index contributed by atoms with van der Waals surface area (Å²) in [5, 5.41) is 31.2. The van der Waals surface area contributed by atoms with Gasteiger partial charge >= 0.3 is 0 Å². The zero-order chi connectivity index (χ0) is 27.3. The highest BCUT2D eigenvalue weighted by Gasteiger charge is 2.43. The highest BCUT2D eigenvalue weighted by molar-refractivity contribution is 5.75. The van der Waals surface area contributed by atoms with Crippen LogP contribution in [0, 0.1) is 39.9 Å². The molecule has 0 aromatic heterocycles. The van der Waals surface area contributed by atoms with Crippen molar-refractivity contribution in [1.82, 2.24) is 5.32 Å². The van der Waals surface area contributed by atoms with Crippen molar-refractivity contribution in [2.75, 3.05) is 25.0 Å². The van der Waals surface area contributed by atoms with Gasteiger partial charge in [0, 0.05) is 32.2 Å². The van der Waals surface area contributed by atoms with Gasteiger partial charge in [-0.25, -0.2) is 0 Å². The number of rotatable bonds is 14. The van der Waals surface area contributed by atoms with Crippen LogP contribution in [0.2, 0.25) is 0 Å². The number of benzene rings is 1. The lowest BCUT2D eigenvalue weighted by atomic mass is 9.91. The van der Waals surface area contributed by atoms with Crippen molar-refractivity contribution in [2.24, 2.45) is 5.92 Å². The van der Waals surface area contributed by atoms with Gasteiger partial charge in [0.25, 0.3) is 0 Å². The largest absolute Gasteiger partial charge is 0.375 e. The van der Waals surface area contributed by atoms with Crippen molar-refractivity contribution in [3.8, 4) is 18.2 Å². The zero-order valence-corrected chi connectivity index (χ0v) is 22.6. The summed E-state index contributed by atoms with van der Waals surface area (Å²) in [7, 11) is 2.01. The summed E-state index contributed by atoms with van der Waals surface area (Å²) in [6.45, 7) is 7.41. The summed E-state index contributed by atoms with van der Waals surface area (Å²) in [5.41, 5.74) is 2.24. The van der Waals surface area contributed by atoms with Gasteiger partial charge in [-0.1, -0.05) is 56.9 Å². The molecule has 1 heterocycles. The fourth-order valence-electron chi connectivity index (χ4n) is 4.40. The van der Waals surface area contributed by atoms with Crippen LogP contribution in [0.5, 0.6) is 0 Å². The minimum Gasteiger partial charge on any atom is -0.375 e. The van der Waals surface area contributed by atoms with Crippen molar-refractivity contribution in [2.45, 2.75) is 77.4 Å². The fourth-order valence-corrected chi connectivity index (χ4v) is 4.40. The van der Waals surface area contributed by atoms with Crippen LogP contribution in [0.4, 0.5) is 5.69 Å². The molecule has 1 N–H and O–H groups in total. The molecule has 1 aromatic rings. The maximum atomic E-state index is 12.1. The molecule has 1 aromatic carbocycles. The lowest BCUT2D eigenvalue weighted by molar-refractivity contribution is -0.121. The van der Waals surface area contributed by atoms with Gasteiger partial charge in [-0.3, -0.25) is 4.79 Å². The molecule has 0 saturated heterocycles. The molecular formula is C30H39N5O2. The average Bonchev–Trinajstić information content (AvgIpc) is 3.14. The number of anilines is 1. The Morgan fingerprint density at radius 2 is 1.76 bits per heavy atom. The maximum Gasteiger partial charge on any atom is 0.220 e. The number of nitrogens with zero attached hydrogens (tertiary/aromatic N) is 4. The minimum absolute atomic E-state index is 0.118. The minimum atomic E-state index is -1.03. The van der Waals surface area contributed by atoms with E-state index in [9.17, 15) is 20.6 Å². The Morgan fingerprint density at radius 3 is 2.38 bits per heavy atom. The van der Waals surface area contributed by atoms with E-state index in [0.29, 0.717) is 17.6 Å². The molecule has 2 rings (SSSR count). The van der Waals surface area contributed by atoms with E-state index < -0.39 is 17.6 Å². The Labute approximate surface area is 222 Å². The summed E-state index contributed by atoms with van der Waals surface area (Å²) in [6.07, 6.45) is 10.2. The predicted molar refractivity (Wildman–Crippen MR) is 146 cm³/mol. The van der Waals surface area contributed by atoms with Gasteiger partial charge in [0.2, 0.25) is 5.91 Å². The lowest BCUT2D eigenvalue weighted by Gasteiger charge is -2.22. The molecule has 196 valence electrons. The zero-order valence-electron chi connectivity index (χ0n) is 22.6. The van der Waals surface area contributed by atoms with Crippen molar-refractivity contribution in [3.05, 3.63) is 47.1 Å². The SMILES string of the molecule is CCCCCCCNC(=O)CCCN(C)c1ccc(/C=C/C2=C(C#N)C(C(C#N)C#N)OC2(C)C)cc1. The monoisotopic (exact) mass is 501 g/mol. The first kappa shape index (κ1) is 29.6. The first-order valence-corrected chi connectivity index (χ1v) is 13.1. The van der Waals surface area contributed by atoms with Crippen LogP contribution in [0.15, 0.2) is 41.5 Å². The number of nitrogens with one attached hydrogen (secondary N) is 1. The quantitative estimate of drug-likeness (QED) is 0.329. The number of unbranched alkanes of at least 4 members (excludes halogenated alkanes) is 4. The molecule has 7 nitrogen and oxygen atoms in total. The van der Waals surface area contributed by atoms with Gasteiger partial charge in [0.1, 0.15) is 6.10 Å². The predicted octanol–water partition coefficient (Wildman–Crippen LogP) is 5.66. The van der Waals surface area contributed by atoms with Crippen molar-refractivity contribution >= 4 is 17.7 Å². The van der Waals surface area contributed by atoms with Crippen LogP contribution in [-0.2, 0) is 9.53 Å². The second-order valence-corrected chi connectivity index (χ2v) is 9.94. The van der Waals surface area contributed by atoms with E-state index in [2.05, 4.69) is 23.2 Å². The van der Waals surface area contributed by atoms with Gasteiger partial charge in [0.05, 0.1) is 29.4 Å². The van der Waals surface area contributed by atoms with Crippen molar-refractivity contribution in [1.29, 1.82) is 15.8 Å². The van der Waals surface area contributed by atoms with Crippen LogP contribution in [0.1, 0.15) is 71.3 Å². The third-order valence-electron chi connectivity index (χ3n) is 6.62. The maximum absolute atomic E-state index is 12.1. The third-order valence-corrected chi connectivity index (χ3v) is 6.62. The Morgan fingerprint density at radius 1 is 1.08 bits per heavy atom. The number of hydrogen-bond donors (Lipinski definition) is 1. The van der Waals surface area contributed by atoms with Gasteiger partial charge < -0.3 is 15.0 Å². The molecule has 0 fully saturated rings. The van der Waals surface area contributed by atoms with E-state index in [1.165, 1.54) is 25.7 Å². The average molecular weight is 502 g/mol. The first-order chi connectivity index (χ1) is 17.8. The highest BCUT2D eigenvalue weighted by atomic mass is 16.5. The molecule has 1 atom stereocenters. The number of carbonyl (C=O) groups excluding carboxylic acids is 1. The second-order valence-electron chi connectivity index (χ2n) is 9.94. The molecule has 0 spiro atoms. The number of amides is 1. The van der Waals surface area contributed by atoms with E-state index >= 15 is 0 Å². The summed E-state index contributed by atoms with van der Waals surface area (Å²) in [6, 6.07) is 14.0. The summed E-state index contributed by atoms with van der Waals surface area (Å²) in [4.78, 5) is 14.2. The Bertz CT molecular complexity index is 1070. The molecule has 0 saturated carbocycles. The fraction of sp³-hybridized carbons (Fsp3) is 0.533. The van der Waals surface area contributed by atoms with Crippen LogP contribution in [0.25, 0.3) is 6.08 Å². The number of hydrogen-bond acceptors (Lipinski definition) is 6. The summed E-state index contributed by atoms with van der Waals surface area (Å²) < 4.78 is 5.92. The number of ether oxygens (including phenoxy) is 1. The number of carbonyl (C=O) groups is 1. The van der Waals surface area contributed by atoms with Gasteiger partial charge in [0.15, 0.2) is 5.92 Å². The van der Waals surface area contributed by atoms with E-state index in [0.717, 1.165) is 37.2 Å². The lowest BCUT2D eigenvalue weighted by Crippen LogP contribution is -2.27. The summed E-state index contributed by atoms with van der Waals surface area (Å²) in [5.74, 6) is -0.913. The molecule has 1 aliphatic heterocycles. The topological polar surface area (TPSA) is 113 Å². The molecule has 37 heavy (non-hydrogen) atoms.